The summed E-state index contributed by atoms with van der Waals surface area (Å²) in [6.45, 7) is 5.12. The number of aromatic nitrogens is 2. The van der Waals surface area contributed by atoms with E-state index in [4.69, 9.17) is 14.1 Å². The molecule has 7 nitrogen and oxygen atoms in total. The maximum atomic E-state index is 13.9. The van der Waals surface area contributed by atoms with E-state index in [2.05, 4.69) is 15.6 Å². The summed E-state index contributed by atoms with van der Waals surface area (Å²) in [7, 11) is 0. The Bertz CT molecular complexity index is 974. The zero-order chi connectivity index (χ0) is 20.6. The zero-order valence-corrected chi connectivity index (χ0v) is 16.3. The minimum atomic E-state index is -0.648. The van der Waals surface area contributed by atoms with Gasteiger partial charge in [-0.2, -0.15) is 0 Å². The lowest BCUT2D eigenvalue weighted by Crippen LogP contribution is -2.14. The maximum absolute atomic E-state index is 13.9. The minimum absolute atomic E-state index is 0.0851. The van der Waals surface area contributed by atoms with Crippen LogP contribution in [0.3, 0.4) is 0 Å². The fourth-order valence-corrected chi connectivity index (χ4v) is 2.59. The van der Waals surface area contributed by atoms with Crippen LogP contribution in [0, 0.1) is 5.82 Å². The number of carbonyl (C=O) groups excluding carboxylic acids is 1. The van der Waals surface area contributed by atoms with Gasteiger partial charge in [-0.15, -0.1) is 0 Å². The van der Waals surface area contributed by atoms with Crippen LogP contribution >= 0.6 is 0 Å². The molecular weight excluding hydrogens is 377 g/mol. The molecule has 1 N–H and O–H groups in total. The number of anilines is 1. The highest BCUT2D eigenvalue weighted by Crippen LogP contribution is 2.34. The smallest absolute Gasteiger partial charge is 0.259 e. The molecule has 2 aromatic carbocycles. The molecule has 0 fully saturated rings. The summed E-state index contributed by atoms with van der Waals surface area (Å²) in [6.07, 6.45) is 1.71. The van der Waals surface area contributed by atoms with E-state index in [0.717, 1.165) is 12.8 Å². The van der Waals surface area contributed by atoms with Gasteiger partial charge in [0.1, 0.15) is 5.82 Å². The van der Waals surface area contributed by atoms with Crippen molar-refractivity contribution in [2.45, 2.75) is 26.7 Å². The Kier molecular flexibility index (Phi) is 6.78. The van der Waals surface area contributed by atoms with E-state index in [-0.39, 0.29) is 11.4 Å². The highest BCUT2D eigenvalue weighted by atomic mass is 19.1. The lowest BCUT2D eigenvalue weighted by molar-refractivity contribution is 0.102. The molecule has 0 unspecified atom stereocenters. The Morgan fingerprint density at radius 1 is 1.03 bits per heavy atom. The van der Waals surface area contributed by atoms with Gasteiger partial charge in [-0.25, -0.2) is 9.02 Å². The maximum Gasteiger partial charge on any atom is 0.259 e. The standard InChI is InChI=1S/C21H22FN3O4/c1-3-11-27-17-10-9-14(13-18(17)28-12-4-2)19-20(25-29-24-19)23-21(26)15-7-5-6-8-16(15)22/h5-10,13H,3-4,11-12H2,1-2H3,(H,23,25,26). The van der Waals surface area contributed by atoms with Crippen molar-refractivity contribution >= 4 is 11.7 Å². The topological polar surface area (TPSA) is 86.5 Å². The second kappa shape index (κ2) is 9.68. The van der Waals surface area contributed by atoms with E-state index >= 15 is 0 Å². The number of amides is 1. The molecule has 152 valence electrons. The van der Waals surface area contributed by atoms with Crippen LogP contribution in [0.15, 0.2) is 47.1 Å². The van der Waals surface area contributed by atoms with Gasteiger partial charge >= 0.3 is 0 Å². The summed E-state index contributed by atoms with van der Waals surface area (Å²) in [5.74, 6) is -0.00682. The summed E-state index contributed by atoms with van der Waals surface area (Å²) in [5.41, 5.74) is 0.819. The quantitative estimate of drug-likeness (QED) is 0.561. The Balaban J connectivity index is 1.87. The molecule has 0 radical (unpaired) electrons. The van der Waals surface area contributed by atoms with Crippen LogP contribution in [-0.2, 0) is 0 Å². The molecule has 29 heavy (non-hydrogen) atoms. The molecule has 1 heterocycles. The van der Waals surface area contributed by atoms with Crippen LogP contribution in [0.25, 0.3) is 11.3 Å². The molecule has 0 saturated carbocycles. The van der Waals surface area contributed by atoms with Gasteiger partial charge in [0.2, 0.25) is 5.82 Å². The van der Waals surface area contributed by atoms with Crippen molar-refractivity contribution in [2.75, 3.05) is 18.5 Å². The van der Waals surface area contributed by atoms with Crippen molar-refractivity contribution in [3.05, 3.63) is 53.8 Å². The highest BCUT2D eigenvalue weighted by molar-refractivity contribution is 6.05. The normalized spacial score (nSPS) is 10.6. The van der Waals surface area contributed by atoms with Crippen molar-refractivity contribution in [3.63, 3.8) is 0 Å². The van der Waals surface area contributed by atoms with E-state index in [1.807, 2.05) is 13.8 Å². The Hall–Kier alpha value is -3.42. The molecule has 3 rings (SSSR count). The Morgan fingerprint density at radius 2 is 1.76 bits per heavy atom. The summed E-state index contributed by atoms with van der Waals surface area (Å²) in [6, 6.07) is 11.0. The number of ether oxygens (including phenoxy) is 2. The molecular formula is C21H22FN3O4. The third-order valence-corrected chi connectivity index (χ3v) is 3.98. The monoisotopic (exact) mass is 399 g/mol. The number of nitrogens with zero attached hydrogens (tertiary/aromatic N) is 2. The number of hydrogen-bond acceptors (Lipinski definition) is 6. The van der Waals surface area contributed by atoms with Gasteiger partial charge in [0.05, 0.1) is 18.8 Å². The molecule has 0 bridgehead atoms. The number of halogens is 1. The average molecular weight is 399 g/mol. The van der Waals surface area contributed by atoms with Gasteiger partial charge < -0.3 is 14.8 Å². The predicted molar refractivity (Wildman–Crippen MR) is 106 cm³/mol. The molecule has 0 atom stereocenters. The van der Waals surface area contributed by atoms with Crippen LogP contribution < -0.4 is 14.8 Å². The van der Waals surface area contributed by atoms with E-state index in [0.29, 0.717) is 36.0 Å². The first kappa shape index (κ1) is 20.3. The number of benzene rings is 2. The van der Waals surface area contributed by atoms with Gasteiger partial charge in [-0.3, -0.25) is 4.79 Å². The summed E-state index contributed by atoms with van der Waals surface area (Å²) >= 11 is 0. The van der Waals surface area contributed by atoms with E-state index in [9.17, 15) is 9.18 Å². The first-order chi connectivity index (χ1) is 14.1. The van der Waals surface area contributed by atoms with Gasteiger partial charge in [0.15, 0.2) is 17.2 Å². The second-order valence-corrected chi connectivity index (χ2v) is 6.25. The largest absolute Gasteiger partial charge is 0.490 e. The van der Waals surface area contributed by atoms with Crippen LogP contribution in [0.2, 0.25) is 0 Å². The van der Waals surface area contributed by atoms with Gasteiger partial charge in [-0.1, -0.05) is 26.0 Å². The lowest BCUT2D eigenvalue weighted by Gasteiger charge is -2.13. The number of carbonyl (C=O) groups is 1. The minimum Gasteiger partial charge on any atom is -0.490 e. The SMILES string of the molecule is CCCOc1ccc(-c2nonc2NC(=O)c2ccccc2F)cc1OCCC. The molecule has 0 spiro atoms. The molecule has 0 aliphatic heterocycles. The molecule has 3 aromatic rings. The fraction of sp³-hybridized carbons (Fsp3) is 0.286. The molecule has 1 aromatic heterocycles. The van der Waals surface area contributed by atoms with Crippen LogP contribution in [0.5, 0.6) is 11.5 Å². The number of hydrogen-bond donors (Lipinski definition) is 1. The summed E-state index contributed by atoms with van der Waals surface area (Å²) < 4.78 is 30.2. The second-order valence-electron chi connectivity index (χ2n) is 6.25. The van der Waals surface area contributed by atoms with Crippen molar-refractivity contribution < 1.29 is 23.3 Å². The third-order valence-electron chi connectivity index (χ3n) is 3.98. The summed E-state index contributed by atoms with van der Waals surface area (Å²) in [5, 5.41) is 10.2. The van der Waals surface area contributed by atoms with Crippen molar-refractivity contribution in [2.24, 2.45) is 0 Å². The number of nitrogens with one attached hydrogen (secondary N) is 1. The fourth-order valence-electron chi connectivity index (χ4n) is 2.59. The van der Waals surface area contributed by atoms with Gasteiger partial charge in [0, 0.05) is 5.56 Å². The molecule has 0 aliphatic rings. The van der Waals surface area contributed by atoms with Crippen molar-refractivity contribution in [3.8, 4) is 22.8 Å². The van der Waals surface area contributed by atoms with E-state index < -0.39 is 11.7 Å². The highest BCUT2D eigenvalue weighted by Gasteiger charge is 2.19. The average Bonchev–Trinajstić information content (AvgIpc) is 3.19. The zero-order valence-electron chi connectivity index (χ0n) is 16.3. The van der Waals surface area contributed by atoms with Crippen molar-refractivity contribution in [1.82, 2.24) is 10.3 Å². The molecule has 0 saturated heterocycles. The number of rotatable bonds is 9. The van der Waals surface area contributed by atoms with E-state index in [1.165, 1.54) is 18.2 Å². The third kappa shape index (κ3) is 4.90. The van der Waals surface area contributed by atoms with Crippen molar-refractivity contribution in [1.29, 1.82) is 0 Å². The lowest BCUT2D eigenvalue weighted by atomic mass is 10.1. The molecule has 8 heteroatoms. The first-order valence-corrected chi connectivity index (χ1v) is 9.42. The Labute approximate surface area is 167 Å². The van der Waals surface area contributed by atoms with E-state index in [1.54, 1.807) is 24.3 Å². The molecule has 0 aliphatic carbocycles. The van der Waals surface area contributed by atoms with Crippen LogP contribution in [-0.4, -0.2) is 29.4 Å². The Morgan fingerprint density at radius 3 is 2.48 bits per heavy atom. The van der Waals surface area contributed by atoms with Gasteiger partial charge in [-0.05, 0) is 53.5 Å². The van der Waals surface area contributed by atoms with Crippen LogP contribution in [0.1, 0.15) is 37.0 Å². The molecule has 1 amide bonds. The first-order valence-electron chi connectivity index (χ1n) is 9.42. The van der Waals surface area contributed by atoms with Gasteiger partial charge in [0.25, 0.3) is 5.91 Å². The summed E-state index contributed by atoms with van der Waals surface area (Å²) in [4.78, 5) is 12.4. The predicted octanol–water partition coefficient (Wildman–Crippen LogP) is 4.71. The van der Waals surface area contributed by atoms with Crippen LogP contribution in [0.4, 0.5) is 10.2 Å².